The van der Waals surface area contributed by atoms with Gasteiger partial charge in [0.15, 0.2) is 6.61 Å². The number of benzene rings is 1. The molecule has 1 aromatic carbocycles. The first-order chi connectivity index (χ1) is 12.5. The fraction of sp³-hybridized carbons (Fsp3) is 0.450. The Morgan fingerprint density at radius 2 is 2.00 bits per heavy atom. The van der Waals surface area contributed by atoms with Gasteiger partial charge in [-0.1, -0.05) is 44.9 Å². The molecule has 1 amide bonds. The maximum atomic E-state index is 12.2. The highest BCUT2D eigenvalue weighted by molar-refractivity contribution is 5.94. The second-order valence-electron chi connectivity index (χ2n) is 7.00. The Balaban J connectivity index is 1.61. The highest BCUT2D eigenvalue weighted by Crippen LogP contribution is 2.29. The first-order valence-electron chi connectivity index (χ1n) is 8.95. The summed E-state index contributed by atoms with van der Waals surface area (Å²) in [6.07, 6.45) is 3.17. The Kier molecular flexibility index (Phi) is 5.40. The Bertz CT molecular complexity index is 872. The van der Waals surface area contributed by atoms with E-state index in [4.69, 9.17) is 9.15 Å². The number of esters is 1. The third kappa shape index (κ3) is 3.95. The Hall–Kier alpha value is -2.63. The van der Waals surface area contributed by atoms with Crippen molar-refractivity contribution in [2.75, 3.05) is 6.61 Å². The van der Waals surface area contributed by atoms with Gasteiger partial charge in [0, 0.05) is 11.4 Å². The average molecular weight is 357 g/mol. The Labute approximate surface area is 151 Å². The van der Waals surface area contributed by atoms with E-state index in [1.165, 1.54) is 12.5 Å². The lowest BCUT2D eigenvalue weighted by Crippen LogP contribution is -2.45. The monoisotopic (exact) mass is 357 g/mol. The van der Waals surface area contributed by atoms with Crippen molar-refractivity contribution in [2.24, 2.45) is 11.8 Å². The molecule has 1 aromatic heterocycles. The lowest BCUT2D eigenvalue weighted by atomic mass is 9.78. The van der Waals surface area contributed by atoms with Crippen molar-refractivity contribution in [3.63, 3.8) is 0 Å². The summed E-state index contributed by atoms with van der Waals surface area (Å²) in [7, 11) is 0. The van der Waals surface area contributed by atoms with Crippen LogP contribution in [0.4, 0.5) is 0 Å². The third-order valence-corrected chi connectivity index (χ3v) is 5.25. The predicted molar refractivity (Wildman–Crippen MR) is 96.9 cm³/mol. The first kappa shape index (κ1) is 18.2. The molecule has 2 aromatic rings. The molecular weight excluding hydrogens is 334 g/mol. The van der Waals surface area contributed by atoms with Crippen LogP contribution in [0.25, 0.3) is 11.0 Å². The van der Waals surface area contributed by atoms with Gasteiger partial charge in [0.05, 0.1) is 0 Å². The molecular formula is C20H23NO5. The molecule has 0 aliphatic heterocycles. The molecule has 1 N–H and O–H groups in total. The Morgan fingerprint density at radius 1 is 1.23 bits per heavy atom. The van der Waals surface area contributed by atoms with Crippen LogP contribution in [0.5, 0.6) is 0 Å². The van der Waals surface area contributed by atoms with Crippen molar-refractivity contribution in [1.82, 2.24) is 5.32 Å². The van der Waals surface area contributed by atoms with E-state index in [2.05, 4.69) is 19.2 Å². The minimum absolute atomic E-state index is 0.0932. The van der Waals surface area contributed by atoms with Gasteiger partial charge in [-0.05, 0) is 30.4 Å². The van der Waals surface area contributed by atoms with Gasteiger partial charge in [-0.25, -0.2) is 9.59 Å². The molecule has 26 heavy (non-hydrogen) atoms. The lowest BCUT2D eigenvalue weighted by molar-refractivity contribution is -0.125. The van der Waals surface area contributed by atoms with Crippen molar-refractivity contribution in [3.05, 3.63) is 46.3 Å². The zero-order chi connectivity index (χ0) is 18.7. The standard InChI is InChI=1S/C20H23NO5/c1-12-6-5-8-16(13(12)2)21-18(22)11-25-19(23)15-10-14-7-3-4-9-17(14)26-20(15)24/h3-4,7,9-10,12-13,16H,5-6,8,11H2,1-2H3,(H,21,22)/t12-,13-,16-/m1/s1. The van der Waals surface area contributed by atoms with Gasteiger partial charge in [0.25, 0.3) is 5.91 Å². The van der Waals surface area contributed by atoms with Gasteiger partial charge in [0.2, 0.25) is 0 Å². The molecule has 3 atom stereocenters. The van der Waals surface area contributed by atoms with Crippen LogP contribution < -0.4 is 10.9 Å². The summed E-state index contributed by atoms with van der Waals surface area (Å²) in [5.41, 5.74) is -0.591. The average Bonchev–Trinajstić information content (AvgIpc) is 2.63. The highest BCUT2D eigenvalue weighted by Gasteiger charge is 2.28. The van der Waals surface area contributed by atoms with Crippen molar-refractivity contribution >= 4 is 22.8 Å². The van der Waals surface area contributed by atoms with E-state index in [9.17, 15) is 14.4 Å². The molecule has 3 rings (SSSR count). The van der Waals surface area contributed by atoms with Crippen LogP contribution in [0.1, 0.15) is 43.5 Å². The minimum Gasteiger partial charge on any atom is -0.452 e. The van der Waals surface area contributed by atoms with Crippen molar-refractivity contribution in [3.8, 4) is 0 Å². The van der Waals surface area contributed by atoms with E-state index in [-0.39, 0.29) is 17.5 Å². The van der Waals surface area contributed by atoms with Crippen molar-refractivity contribution in [1.29, 1.82) is 0 Å². The fourth-order valence-electron chi connectivity index (χ4n) is 3.45. The zero-order valence-electron chi connectivity index (χ0n) is 15.0. The van der Waals surface area contributed by atoms with Crippen LogP contribution in [0.15, 0.2) is 39.5 Å². The van der Waals surface area contributed by atoms with E-state index in [1.807, 2.05) is 0 Å². The summed E-state index contributed by atoms with van der Waals surface area (Å²) in [4.78, 5) is 36.2. The SMILES string of the molecule is C[C@@H]1[C@H](C)CCC[C@H]1NC(=O)COC(=O)c1cc2ccccc2oc1=O. The number of para-hydroxylation sites is 1. The van der Waals surface area contributed by atoms with Crippen LogP contribution >= 0.6 is 0 Å². The molecule has 6 heteroatoms. The summed E-state index contributed by atoms with van der Waals surface area (Å²) in [5.74, 6) is -0.269. The number of carbonyl (C=O) groups excluding carboxylic acids is 2. The molecule has 0 bridgehead atoms. The summed E-state index contributed by atoms with van der Waals surface area (Å²) in [6, 6.07) is 8.40. The molecule has 0 radical (unpaired) electrons. The van der Waals surface area contributed by atoms with Gasteiger partial charge in [0.1, 0.15) is 11.1 Å². The van der Waals surface area contributed by atoms with Gasteiger partial charge in [-0.15, -0.1) is 0 Å². The number of hydrogen-bond donors (Lipinski definition) is 1. The molecule has 6 nitrogen and oxygen atoms in total. The lowest BCUT2D eigenvalue weighted by Gasteiger charge is -2.34. The van der Waals surface area contributed by atoms with Crippen LogP contribution in [-0.2, 0) is 9.53 Å². The molecule has 1 aliphatic carbocycles. The van der Waals surface area contributed by atoms with E-state index in [0.29, 0.717) is 22.8 Å². The van der Waals surface area contributed by atoms with Gasteiger partial charge >= 0.3 is 11.6 Å². The van der Waals surface area contributed by atoms with E-state index >= 15 is 0 Å². The summed E-state index contributed by atoms with van der Waals surface area (Å²) < 4.78 is 10.1. The molecule has 1 saturated carbocycles. The predicted octanol–water partition coefficient (Wildman–Crippen LogP) is 2.89. The van der Waals surface area contributed by atoms with Crippen LogP contribution in [-0.4, -0.2) is 24.5 Å². The van der Waals surface area contributed by atoms with E-state index in [0.717, 1.165) is 12.8 Å². The fourth-order valence-corrected chi connectivity index (χ4v) is 3.45. The zero-order valence-corrected chi connectivity index (χ0v) is 15.0. The highest BCUT2D eigenvalue weighted by atomic mass is 16.5. The normalized spacial score (nSPS) is 22.8. The van der Waals surface area contributed by atoms with Crippen molar-refractivity contribution in [2.45, 2.75) is 39.2 Å². The molecule has 1 fully saturated rings. The number of nitrogens with one attached hydrogen (secondary N) is 1. The molecule has 1 heterocycles. The maximum Gasteiger partial charge on any atom is 0.351 e. The second-order valence-corrected chi connectivity index (χ2v) is 7.00. The molecule has 1 aliphatic rings. The van der Waals surface area contributed by atoms with Gasteiger partial charge in [-0.3, -0.25) is 4.79 Å². The number of amides is 1. The quantitative estimate of drug-likeness (QED) is 0.672. The van der Waals surface area contributed by atoms with Crippen LogP contribution in [0, 0.1) is 11.8 Å². The topological polar surface area (TPSA) is 85.6 Å². The largest absolute Gasteiger partial charge is 0.452 e. The molecule has 0 saturated heterocycles. The second kappa shape index (κ2) is 7.72. The summed E-state index contributed by atoms with van der Waals surface area (Å²) in [6.45, 7) is 3.89. The van der Waals surface area contributed by atoms with E-state index < -0.39 is 18.2 Å². The number of hydrogen-bond acceptors (Lipinski definition) is 5. The van der Waals surface area contributed by atoms with Gasteiger partial charge in [-0.2, -0.15) is 0 Å². The summed E-state index contributed by atoms with van der Waals surface area (Å²) in [5, 5.41) is 3.55. The van der Waals surface area contributed by atoms with Crippen LogP contribution in [0.3, 0.4) is 0 Å². The van der Waals surface area contributed by atoms with Crippen molar-refractivity contribution < 1.29 is 18.7 Å². The minimum atomic E-state index is -0.857. The molecule has 0 spiro atoms. The Morgan fingerprint density at radius 3 is 2.81 bits per heavy atom. The number of ether oxygens (including phenoxy) is 1. The van der Waals surface area contributed by atoms with Gasteiger partial charge < -0.3 is 14.5 Å². The number of fused-ring (bicyclic) bond motifs is 1. The number of rotatable bonds is 4. The summed E-state index contributed by atoms with van der Waals surface area (Å²) >= 11 is 0. The maximum absolute atomic E-state index is 12.2. The smallest absolute Gasteiger partial charge is 0.351 e. The van der Waals surface area contributed by atoms with Crippen LogP contribution in [0.2, 0.25) is 0 Å². The van der Waals surface area contributed by atoms with E-state index in [1.54, 1.807) is 24.3 Å². The third-order valence-electron chi connectivity index (χ3n) is 5.25. The number of carbonyl (C=O) groups is 2. The first-order valence-corrected chi connectivity index (χ1v) is 8.95. The molecule has 138 valence electrons. The molecule has 0 unspecified atom stereocenters.